The number of hydrogen-bond donors (Lipinski definition) is 3. The summed E-state index contributed by atoms with van der Waals surface area (Å²) in [4.78, 5) is 24.7. The normalized spacial score (nSPS) is 11.6. The van der Waals surface area contributed by atoms with Crippen molar-refractivity contribution in [2.24, 2.45) is 5.41 Å². The third kappa shape index (κ3) is 5.89. The van der Waals surface area contributed by atoms with Gasteiger partial charge in [-0.15, -0.1) is 10.2 Å². The molecule has 0 aliphatic rings. The highest BCUT2D eigenvalue weighted by molar-refractivity contribution is 7.94. The van der Waals surface area contributed by atoms with Crippen molar-refractivity contribution in [3.05, 3.63) is 65.7 Å². The first-order chi connectivity index (χ1) is 15.1. The lowest BCUT2D eigenvalue weighted by Gasteiger charge is -2.15. The molecule has 0 unspecified atom stereocenters. The lowest BCUT2D eigenvalue weighted by Crippen LogP contribution is -2.27. The van der Waals surface area contributed by atoms with Crippen LogP contribution in [0.3, 0.4) is 0 Å². The number of carbonyl (C=O) groups is 2. The van der Waals surface area contributed by atoms with E-state index in [1.807, 2.05) is 30.3 Å². The summed E-state index contributed by atoms with van der Waals surface area (Å²) < 4.78 is 27.7. The van der Waals surface area contributed by atoms with Crippen LogP contribution in [0.25, 0.3) is 0 Å². The third-order valence-corrected chi connectivity index (χ3v) is 6.82. The van der Waals surface area contributed by atoms with E-state index in [2.05, 4.69) is 25.6 Å². The van der Waals surface area contributed by atoms with Crippen LogP contribution in [0.15, 0.2) is 58.9 Å². The van der Waals surface area contributed by atoms with Crippen LogP contribution in [0.5, 0.6) is 0 Å². The molecule has 0 fully saturated rings. The predicted molar refractivity (Wildman–Crippen MR) is 123 cm³/mol. The fraction of sp³-hybridized carbons (Fsp3) is 0.238. The van der Waals surface area contributed by atoms with Gasteiger partial charge >= 0.3 is 0 Å². The summed E-state index contributed by atoms with van der Waals surface area (Å²) in [5.41, 5.74) is 0.513. The lowest BCUT2D eigenvalue weighted by atomic mass is 9.96. The third-order valence-electron chi connectivity index (χ3n) is 4.25. The largest absolute Gasteiger partial charge is 0.348 e. The number of benzene rings is 2. The Balaban J connectivity index is 1.74. The van der Waals surface area contributed by atoms with Crippen LogP contribution in [-0.4, -0.2) is 30.4 Å². The summed E-state index contributed by atoms with van der Waals surface area (Å²) in [5.74, 6) is -0.742. The second-order valence-electron chi connectivity index (χ2n) is 7.90. The highest BCUT2D eigenvalue weighted by atomic mass is 32.2. The molecule has 11 heteroatoms. The van der Waals surface area contributed by atoms with E-state index in [1.165, 1.54) is 12.1 Å². The second-order valence-corrected chi connectivity index (χ2v) is 10.7. The quantitative estimate of drug-likeness (QED) is 0.452. The van der Waals surface area contributed by atoms with Crippen LogP contribution in [0.1, 0.15) is 36.7 Å². The minimum Gasteiger partial charge on any atom is -0.348 e. The number of anilines is 2. The van der Waals surface area contributed by atoms with Crippen LogP contribution < -0.4 is 15.4 Å². The Kier molecular flexibility index (Phi) is 6.90. The lowest BCUT2D eigenvalue weighted by molar-refractivity contribution is -0.123. The number of hydrogen-bond acceptors (Lipinski definition) is 7. The van der Waals surface area contributed by atoms with Gasteiger partial charge < -0.3 is 10.6 Å². The van der Waals surface area contributed by atoms with E-state index >= 15 is 0 Å². The molecule has 1 heterocycles. The highest BCUT2D eigenvalue weighted by Crippen LogP contribution is 2.26. The molecular weight excluding hydrogens is 450 g/mol. The minimum absolute atomic E-state index is 0.0687. The number of nitrogens with zero attached hydrogens (tertiary/aromatic N) is 2. The first kappa shape index (κ1) is 23.4. The van der Waals surface area contributed by atoms with Gasteiger partial charge in [-0.05, 0) is 17.7 Å². The van der Waals surface area contributed by atoms with Crippen molar-refractivity contribution in [2.75, 3.05) is 10.0 Å². The van der Waals surface area contributed by atoms with Gasteiger partial charge in [0.1, 0.15) is 0 Å². The smallest absolute Gasteiger partial charge is 0.291 e. The molecule has 1 aromatic heterocycles. The summed E-state index contributed by atoms with van der Waals surface area (Å²) >= 11 is 0.720. The molecule has 0 spiro atoms. The summed E-state index contributed by atoms with van der Waals surface area (Å²) in [5, 5.41) is 12.8. The standard InChI is InChI=1S/C21H23N5O4S2/c1-21(2,3)18(28)23-19-24-25-20(31-19)32(29,30)26-16-12-8-7-11-15(16)17(27)22-13-14-9-5-4-6-10-14/h4-12,26H,13H2,1-3H3,(H,22,27)(H,23,24,28). The molecule has 2 amide bonds. The second kappa shape index (κ2) is 9.45. The SMILES string of the molecule is CC(C)(C)C(=O)Nc1nnc(S(=O)(=O)Nc2ccccc2C(=O)NCc2ccccc2)s1. The maximum Gasteiger partial charge on any atom is 0.291 e. The molecule has 0 aliphatic carbocycles. The summed E-state index contributed by atoms with van der Waals surface area (Å²) in [6, 6.07) is 15.6. The van der Waals surface area contributed by atoms with Crippen molar-refractivity contribution in [3.8, 4) is 0 Å². The summed E-state index contributed by atoms with van der Waals surface area (Å²) in [7, 11) is -4.12. The van der Waals surface area contributed by atoms with E-state index in [4.69, 9.17) is 0 Å². The van der Waals surface area contributed by atoms with Gasteiger partial charge in [0.2, 0.25) is 11.0 Å². The monoisotopic (exact) mass is 473 g/mol. The molecule has 3 rings (SSSR count). The van der Waals surface area contributed by atoms with Crippen molar-refractivity contribution in [1.82, 2.24) is 15.5 Å². The first-order valence-corrected chi connectivity index (χ1v) is 12.0. The van der Waals surface area contributed by atoms with E-state index in [-0.39, 0.29) is 26.6 Å². The molecule has 0 saturated carbocycles. The molecule has 9 nitrogen and oxygen atoms in total. The molecule has 0 bridgehead atoms. The minimum atomic E-state index is -4.12. The van der Waals surface area contributed by atoms with E-state index in [0.717, 1.165) is 16.9 Å². The Labute approximate surface area is 190 Å². The number of amides is 2. The highest BCUT2D eigenvalue weighted by Gasteiger charge is 2.26. The number of aromatic nitrogens is 2. The van der Waals surface area contributed by atoms with Crippen molar-refractivity contribution in [3.63, 3.8) is 0 Å². The van der Waals surface area contributed by atoms with E-state index in [0.29, 0.717) is 6.54 Å². The molecular formula is C21H23N5O4S2. The molecule has 0 radical (unpaired) electrons. The molecule has 32 heavy (non-hydrogen) atoms. The maximum absolute atomic E-state index is 12.8. The Morgan fingerprint density at radius 1 is 0.969 bits per heavy atom. The number of para-hydroxylation sites is 1. The molecule has 0 saturated heterocycles. The van der Waals surface area contributed by atoms with Crippen LogP contribution in [0.2, 0.25) is 0 Å². The molecule has 3 aromatic rings. The summed E-state index contributed by atoms with van der Waals surface area (Å²) in [6.07, 6.45) is 0. The average molecular weight is 474 g/mol. The summed E-state index contributed by atoms with van der Waals surface area (Å²) in [6.45, 7) is 5.47. The van der Waals surface area contributed by atoms with Crippen LogP contribution in [0.4, 0.5) is 10.8 Å². The number of sulfonamides is 1. The average Bonchev–Trinajstić information content (AvgIpc) is 3.22. The van der Waals surface area contributed by atoms with Gasteiger partial charge in [0.05, 0.1) is 11.3 Å². The van der Waals surface area contributed by atoms with E-state index in [1.54, 1.807) is 32.9 Å². The predicted octanol–water partition coefficient (Wildman–Crippen LogP) is 3.25. The molecule has 2 aromatic carbocycles. The number of nitrogens with one attached hydrogen (secondary N) is 3. The van der Waals surface area contributed by atoms with Crippen molar-refractivity contribution >= 4 is 44.0 Å². The zero-order valence-electron chi connectivity index (χ0n) is 17.7. The number of rotatable bonds is 7. The van der Waals surface area contributed by atoms with E-state index < -0.39 is 21.3 Å². The van der Waals surface area contributed by atoms with Crippen molar-refractivity contribution < 1.29 is 18.0 Å². The Bertz CT molecular complexity index is 1220. The molecule has 0 atom stereocenters. The fourth-order valence-corrected chi connectivity index (χ4v) is 4.46. The first-order valence-electron chi connectivity index (χ1n) is 9.65. The molecule has 3 N–H and O–H groups in total. The Morgan fingerprint density at radius 2 is 1.62 bits per heavy atom. The van der Waals surface area contributed by atoms with Gasteiger partial charge in [-0.1, -0.05) is 74.6 Å². The van der Waals surface area contributed by atoms with Crippen LogP contribution in [0, 0.1) is 5.41 Å². The Morgan fingerprint density at radius 3 is 2.31 bits per heavy atom. The van der Waals surface area contributed by atoms with E-state index in [9.17, 15) is 18.0 Å². The maximum atomic E-state index is 12.8. The van der Waals surface area contributed by atoms with Gasteiger partial charge in [-0.25, -0.2) is 0 Å². The van der Waals surface area contributed by atoms with Crippen LogP contribution in [-0.2, 0) is 21.4 Å². The van der Waals surface area contributed by atoms with Crippen molar-refractivity contribution in [1.29, 1.82) is 0 Å². The van der Waals surface area contributed by atoms with Gasteiger partial charge in [0.25, 0.3) is 20.3 Å². The fourth-order valence-electron chi connectivity index (χ4n) is 2.49. The number of carbonyl (C=O) groups excluding carboxylic acids is 2. The molecule has 168 valence electrons. The molecule has 0 aliphatic heterocycles. The van der Waals surface area contributed by atoms with Gasteiger partial charge in [-0.3, -0.25) is 14.3 Å². The zero-order valence-corrected chi connectivity index (χ0v) is 19.4. The van der Waals surface area contributed by atoms with Gasteiger partial charge in [-0.2, -0.15) is 8.42 Å². The zero-order chi connectivity index (χ0) is 23.4. The van der Waals surface area contributed by atoms with Crippen LogP contribution >= 0.6 is 11.3 Å². The topological polar surface area (TPSA) is 130 Å². The Hall–Kier alpha value is -3.31. The van der Waals surface area contributed by atoms with Gasteiger partial charge in [0, 0.05) is 12.0 Å². The van der Waals surface area contributed by atoms with Crippen molar-refractivity contribution in [2.45, 2.75) is 31.7 Å². The van der Waals surface area contributed by atoms with Gasteiger partial charge in [0.15, 0.2) is 0 Å².